The maximum absolute atomic E-state index is 11.7. The van der Waals surface area contributed by atoms with Crippen molar-refractivity contribution in [3.05, 3.63) is 0 Å². The van der Waals surface area contributed by atoms with Crippen molar-refractivity contribution in [1.82, 2.24) is 10.6 Å². The van der Waals surface area contributed by atoms with Crippen LogP contribution in [-0.4, -0.2) is 43.4 Å². The van der Waals surface area contributed by atoms with Crippen molar-refractivity contribution < 1.29 is 19.4 Å². The molecule has 2 amide bonds. The van der Waals surface area contributed by atoms with E-state index in [1.54, 1.807) is 7.11 Å². The monoisotopic (exact) mass is 288 g/mol. The molecule has 0 saturated heterocycles. The summed E-state index contributed by atoms with van der Waals surface area (Å²) in [6.07, 6.45) is 3.60. The van der Waals surface area contributed by atoms with Gasteiger partial charge in [0, 0.05) is 20.1 Å². The number of unbranched alkanes of at least 4 members (excludes halogenated alkanes) is 3. The van der Waals surface area contributed by atoms with Crippen LogP contribution in [0.2, 0.25) is 0 Å². The minimum atomic E-state index is -0.750. The number of carboxylic acids is 1. The molecule has 0 saturated carbocycles. The normalized spacial score (nSPS) is 12.2. The summed E-state index contributed by atoms with van der Waals surface area (Å²) < 4.78 is 5.06. The standard InChI is InChI=1S/C14H28N2O4/c1-11(2)12(10-20-3)16-14(19)15-9-7-5-4-6-8-13(17)18/h11-12H,4-10H2,1-3H3,(H,17,18)(H2,15,16,19). The van der Waals surface area contributed by atoms with Gasteiger partial charge in [0.2, 0.25) is 0 Å². The van der Waals surface area contributed by atoms with Gasteiger partial charge in [-0.25, -0.2) is 4.79 Å². The van der Waals surface area contributed by atoms with E-state index >= 15 is 0 Å². The van der Waals surface area contributed by atoms with Gasteiger partial charge in [0.1, 0.15) is 0 Å². The second-order valence-electron chi connectivity index (χ2n) is 5.26. The summed E-state index contributed by atoms with van der Waals surface area (Å²) in [5.74, 6) is -0.433. The topological polar surface area (TPSA) is 87.7 Å². The van der Waals surface area contributed by atoms with Gasteiger partial charge < -0.3 is 20.5 Å². The van der Waals surface area contributed by atoms with Crippen LogP contribution in [0.1, 0.15) is 46.0 Å². The summed E-state index contributed by atoms with van der Waals surface area (Å²) in [5, 5.41) is 14.2. The molecule has 3 N–H and O–H groups in total. The Bertz CT molecular complexity index is 282. The molecule has 118 valence electrons. The molecular formula is C14H28N2O4. The molecule has 1 atom stereocenters. The highest BCUT2D eigenvalue weighted by atomic mass is 16.5. The lowest BCUT2D eigenvalue weighted by molar-refractivity contribution is -0.137. The highest BCUT2D eigenvalue weighted by Crippen LogP contribution is 2.03. The first-order chi connectivity index (χ1) is 9.47. The molecule has 20 heavy (non-hydrogen) atoms. The maximum Gasteiger partial charge on any atom is 0.315 e. The number of carbonyl (C=O) groups is 2. The fourth-order valence-corrected chi connectivity index (χ4v) is 1.76. The molecule has 0 aliphatic heterocycles. The molecular weight excluding hydrogens is 260 g/mol. The van der Waals surface area contributed by atoms with E-state index in [0.29, 0.717) is 25.5 Å². The summed E-state index contributed by atoms with van der Waals surface area (Å²) in [6.45, 7) is 5.18. The van der Waals surface area contributed by atoms with Crippen LogP contribution in [0.25, 0.3) is 0 Å². The predicted molar refractivity (Wildman–Crippen MR) is 77.8 cm³/mol. The van der Waals surface area contributed by atoms with Crippen LogP contribution in [0, 0.1) is 5.92 Å². The Kier molecular flexibility index (Phi) is 10.8. The van der Waals surface area contributed by atoms with Crippen molar-refractivity contribution in [3.8, 4) is 0 Å². The number of aliphatic carboxylic acids is 1. The van der Waals surface area contributed by atoms with E-state index in [9.17, 15) is 9.59 Å². The quantitative estimate of drug-likeness (QED) is 0.507. The Morgan fingerprint density at radius 3 is 2.35 bits per heavy atom. The third-order valence-corrected chi connectivity index (χ3v) is 3.07. The van der Waals surface area contributed by atoms with Gasteiger partial charge in [-0.1, -0.05) is 26.7 Å². The minimum absolute atomic E-state index is 0.00978. The number of amides is 2. The number of carbonyl (C=O) groups excluding carboxylic acids is 1. The van der Waals surface area contributed by atoms with E-state index < -0.39 is 5.97 Å². The van der Waals surface area contributed by atoms with Crippen molar-refractivity contribution in [2.45, 2.75) is 52.0 Å². The van der Waals surface area contributed by atoms with Crippen LogP contribution in [0.3, 0.4) is 0 Å². The summed E-state index contributed by atoms with van der Waals surface area (Å²) in [5.41, 5.74) is 0. The molecule has 0 aromatic heterocycles. The van der Waals surface area contributed by atoms with Crippen molar-refractivity contribution in [1.29, 1.82) is 0 Å². The fraction of sp³-hybridized carbons (Fsp3) is 0.857. The van der Waals surface area contributed by atoms with E-state index in [0.717, 1.165) is 19.3 Å². The molecule has 0 aliphatic rings. The number of hydrogen-bond acceptors (Lipinski definition) is 3. The third-order valence-electron chi connectivity index (χ3n) is 3.07. The van der Waals surface area contributed by atoms with Gasteiger partial charge in [-0.2, -0.15) is 0 Å². The number of ether oxygens (including phenoxy) is 1. The Morgan fingerprint density at radius 2 is 1.80 bits per heavy atom. The number of hydrogen-bond donors (Lipinski definition) is 3. The van der Waals surface area contributed by atoms with Gasteiger partial charge in [0.25, 0.3) is 0 Å². The number of urea groups is 1. The largest absolute Gasteiger partial charge is 0.481 e. The van der Waals surface area contributed by atoms with Gasteiger partial charge in [0.15, 0.2) is 0 Å². The first-order valence-corrected chi connectivity index (χ1v) is 7.22. The van der Waals surface area contributed by atoms with Gasteiger partial charge >= 0.3 is 12.0 Å². The molecule has 0 aromatic rings. The van der Waals surface area contributed by atoms with E-state index in [4.69, 9.17) is 9.84 Å². The Morgan fingerprint density at radius 1 is 1.15 bits per heavy atom. The van der Waals surface area contributed by atoms with Crippen LogP contribution >= 0.6 is 0 Å². The molecule has 0 rings (SSSR count). The van der Waals surface area contributed by atoms with E-state index in [2.05, 4.69) is 10.6 Å². The minimum Gasteiger partial charge on any atom is -0.481 e. The molecule has 0 heterocycles. The third kappa shape index (κ3) is 10.6. The van der Waals surface area contributed by atoms with Crippen molar-refractivity contribution >= 4 is 12.0 Å². The molecule has 0 fully saturated rings. The molecule has 0 spiro atoms. The van der Waals surface area contributed by atoms with E-state index in [1.165, 1.54) is 0 Å². The molecule has 6 nitrogen and oxygen atoms in total. The SMILES string of the molecule is COCC(NC(=O)NCCCCCCC(=O)O)C(C)C. The van der Waals surface area contributed by atoms with Crippen molar-refractivity contribution in [2.75, 3.05) is 20.3 Å². The average Bonchev–Trinajstić information content (AvgIpc) is 2.36. The predicted octanol–water partition coefficient (Wildman–Crippen LogP) is 1.99. The Balaban J connectivity index is 3.59. The lowest BCUT2D eigenvalue weighted by Gasteiger charge is -2.21. The summed E-state index contributed by atoms with van der Waals surface area (Å²) in [7, 11) is 1.62. The Hall–Kier alpha value is -1.30. The molecule has 0 bridgehead atoms. The smallest absolute Gasteiger partial charge is 0.315 e. The molecule has 0 radical (unpaired) electrons. The fourth-order valence-electron chi connectivity index (χ4n) is 1.76. The zero-order valence-corrected chi connectivity index (χ0v) is 12.8. The number of carboxylic acid groups (broad SMARTS) is 1. The van der Waals surface area contributed by atoms with Gasteiger partial charge in [-0.3, -0.25) is 4.79 Å². The maximum atomic E-state index is 11.7. The first-order valence-electron chi connectivity index (χ1n) is 7.22. The van der Waals surface area contributed by atoms with Crippen LogP contribution in [0.4, 0.5) is 4.79 Å². The second-order valence-corrected chi connectivity index (χ2v) is 5.26. The van der Waals surface area contributed by atoms with Crippen LogP contribution in [-0.2, 0) is 9.53 Å². The van der Waals surface area contributed by atoms with Crippen molar-refractivity contribution in [3.63, 3.8) is 0 Å². The lowest BCUT2D eigenvalue weighted by atomic mass is 10.1. The zero-order valence-electron chi connectivity index (χ0n) is 12.8. The zero-order chi connectivity index (χ0) is 15.4. The number of nitrogens with one attached hydrogen (secondary N) is 2. The second kappa shape index (κ2) is 11.5. The number of rotatable bonds is 11. The molecule has 0 aliphatic carbocycles. The molecule has 0 aromatic carbocycles. The highest BCUT2D eigenvalue weighted by molar-refractivity contribution is 5.74. The van der Waals surface area contributed by atoms with E-state index in [1.807, 2.05) is 13.8 Å². The molecule has 1 unspecified atom stereocenters. The van der Waals surface area contributed by atoms with Gasteiger partial charge in [-0.05, 0) is 18.8 Å². The summed E-state index contributed by atoms with van der Waals surface area (Å²) >= 11 is 0. The highest BCUT2D eigenvalue weighted by Gasteiger charge is 2.15. The number of methoxy groups -OCH3 is 1. The van der Waals surface area contributed by atoms with Gasteiger partial charge in [-0.15, -0.1) is 0 Å². The van der Waals surface area contributed by atoms with E-state index in [-0.39, 0.29) is 18.5 Å². The summed E-state index contributed by atoms with van der Waals surface area (Å²) in [6, 6.07) is -0.165. The van der Waals surface area contributed by atoms with Crippen LogP contribution < -0.4 is 10.6 Å². The Labute approximate surface area is 121 Å². The van der Waals surface area contributed by atoms with Gasteiger partial charge in [0.05, 0.1) is 12.6 Å². The lowest BCUT2D eigenvalue weighted by Crippen LogP contribution is -2.46. The van der Waals surface area contributed by atoms with Crippen LogP contribution in [0.15, 0.2) is 0 Å². The molecule has 6 heteroatoms. The van der Waals surface area contributed by atoms with Crippen molar-refractivity contribution in [2.24, 2.45) is 5.92 Å². The van der Waals surface area contributed by atoms with Crippen LogP contribution in [0.5, 0.6) is 0 Å². The first kappa shape index (κ1) is 18.7. The summed E-state index contributed by atoms with van der Waals surface area (Å²) in [4.78, 5) is 22.0. The average molecular weight is 288 g/mol.